The van der Waals surface area contributed by atoms with E-state index in [4.69, 9.17) is 30.8 Å². The molecule has 3 aliphatic heterocycles. The molecule has 1 N–H and O–H groups in total. The van der Waals surface area contributed by atoms with Gasteiger partial charge in [0, 0.05) is 43.6 Å². The molecule has 37 heavy (non-hydrogen) atoms. The van der Waals surface area contributed by atoms with Crippen LogP contribution in [0.25, 0.3) is 10.8 Å². The fourth-order valence-electron chi connectivity index (χ4n) is 6.14. The van der Waals surface area contributed by atoms with Crippen molar-refractivity contribution in [3.8, 4) is 11.8 Å². The molecular weight excluding hydrogens is 499 g/mol. The van der Waals surface area contributed by atoms with Gasteiger partial charge in [-0.05, 0) is 43.3 Å². The Balaban J connectivity index is 1.29. The average molecular weight is 529 g/mol. The summed E-state index contributed by atoms with van der Waals surface area (Å²) in [5.74, 6) is 0.670. The number of H-pyrrole nitrogens is 1. The molecule has 8 nitrogen and oxygen atoms in total. The third kappa shape index (κ3) is 4.53. The van der Waals surface area contributed by atoms with E-state index < -0.39 is 6.17 Å². The monoisotopic (exact) mass is 528 g/mol. The van der Waals surface area contributed by atoms with Gasteiger partial charge in [0.15, 0.2) is 6.79 Å². The van der Waals surface area contributed by atoms with Gasteiger partial charge in [0.25, 0.3) is 11.6 Å². The van der Waals surface area contributed by atoms with Crippen molar-refractivity contribution in [2.24, 2.45) is 0 Å². The van der Waals surface area contributed by atoms with Crippen molar-refractivity contribution in [2.45, 2.75) is 43.9 Å². The van der Waals surface area contributed by atoms with E-state index in [-0.39, 0.29) is 23.9 Å². The maximum Gasteiger partial charge on any atom is 0.296 e. The molecule has 2 aromatic carbocycles. The molecule has 3 aliphatic rings. The molecule has 0 bridgehead atoms. The van der Waals surface area contributed by atoms with E-state index in [2.05, 4.69) is 14.8 Å². The van der Waals surface area contributed by atoms with E-state index in [1.807, 2.05) is 30.3 Å². The van der Waals surface area contributed by atoms with Crippen molar-refractivity contribution in [3.05, 3.63) is 57.0 Å². The van der Waals surface area contributed by atoms with Crippen LogP contribution in [0.15, 0.2) is 35.1 Å². The van der Waals surface area contributed by atoms with E-state index in [1.54, 1.807) is 7.11 Å². The SMILES string of the molecule is COCOc1cc(N2CCc3c(nc(OC[C@@]45CCCN4C[C@H](F)C5)[nH]c3=O)C2)c2c(Cl)cccc2c1. The van der Waals surface area contributed by atoms with Crippen molar-refractivity contribution in [2.75, 3.05) is 45.0 Å². The lowest BCUT2D eigenvalue weighted by Gasteiger charge is -2.32. The van der Waals surface area contributed by atoms with Crippen LogP contribution < -0.4 is 19.9 Å². The molecule has 0 saturated carbocycles. The summed E-state index contributed by atoms with van der Waals surface area (Å²) < 4.78 is 31.0. The number of anilines is 1. The Labute approximate surface area is 219 Å². The van der Waals surface area contributed by atoms with Crippen LogP contribution >= 0.6 is 11.6 Å². The van der Waals surface area contributed by atoms with E-state index in [1.165, 1.54) is 0 Å². The molecule has 0 unspecified atom stereocenters. The molecule has 0 radical (unpaired) electrons. The van der Waals surface area contributed by atoms with E-state index >= 15 is 0 Å². The summed E-state index contributed by atoms with van der Waals surface area (Å²) in [6, 6.07) is 9.84. The number of fused-ring (bicyclic) bond motifs is 3. The molecular formula is C27H30ClFN4O4. The molecule has 6 rings (SSSR count). The Morgan fingerprint density at radius 3 is 3.03 bits per heavy atom. The highest BCUT2D eigenvalue weighted by molar-refractivity contribution is 6.36. The van der Waals surface area contributed by atoms with Gasteiger partial charge < -0.3 is 19.1 Å². The highest BCUT2D eigenvalue weighted by Crippen LogP contribution is 2.41. The molecule has 196 valence electrons. The summed E-state index contributed by atoms with van der Waals surface area (Å²) in [6.07, 6.45) is 2.09. The number of hydrogen-bond acceptors (Lipinski definition) is 7. The number of hydrogen-bond donors (Lipinski definition) is 1. The van der Waals surface area contributed by atoms with Gasteiger partial charge in [-0.25, -0.2) is 4.39 Å². The van der Waals surface area contributed by atoms with Crippen molar-refractivity contribution in [3.63, 3.8) is 0 Å². The summed E-state index contributed by atoms with van der Waals surface area (Å²) in [6.45, 7) is 2.84. The van der Waals surface area contributed by atoms with Crippen molar-refractivity contribution < 1.29 is 18.6 Å². The number of nitrogens with zero attached hydrogens (tertiary/aromatic N) is 3. The van der Waals surface area contributed by atoms with Gasteiger partial charge in [-0.15, -0.1) is 0 Å². The molecule has 2 saturated heterocycles. The Morgan fingerprint density at radius 2 is 2.16 bits per heavy atom. The third-order valence-corrected chi connectivity index (χ3v) is 8.17. The second-order valence-electron chi connectivity index (χ2n) is 10.2. The number of nitrogens with one attached hydrogen (secondary N) is 1. The van der Waals surface area contributed by atoms with Gasteiger partial charge in [0.1, 0.15) is 18.5 Å². The molecule has 10 heteroatoms. The number of ether oxygens (including phenoxy) is 3. The first kappa shape index (κ1) is 24.5. The number of methoxy groups -OCH3 is 1. The van der Waals surface area contributed by atoms with Gasteiger partial charge in [-0.1, -0.05) is 23.7 Å². The first-order chi connectivity index (χ1) is 18.0. The van der Waals surface area contributed by atoms with Gasteiger partial charge in [0.05, 0.1) is 28.5 Å². The normalized spacial score (nSPS) is 23.3. The summed E-state index contributed by atoms with van der Waals surface area (Å²) in [7, 11) is 1.58. The predicted molar refractivity (Wildman–Crippen MR) is 140 cm³/mol. The summed E-state index contributed by atoms with van der Waals surface area (Å²) >= 11 is 6.63. The van der Waals surface area contributed by atoms with Crippen molar-refractivity contribution in [1.82, 2.24) is 14.9 Å². The lowest BCUT2D eigenvalue weighted by atomic mass is 9.95. The summed E-state index contributed by atoms with van der Waals surface area (Å²) in [4.78, 5) is 24.8. The molecule has 0 aliphatic carbocycles. The van der Waals surface area contributed by atoms with Gasteiger partial charge in [-0.2, -0.15) is 4.98 Å². The molecule has 0 amide bonds. The minimum absolute atomic E-state index is 0.133. The average Bonchev–Trinajstić information content (AvgIpc) is 3.41. The second kappa shape index (κ2) is 9.78. The quantitative estimate of drug-likeness (QED) is 0.463. The second-order valence-corrected chi connectivity index (χ2v) is 10.6. The zero-order valence-electron chi connectivity index (χ0n) is 20.8. The van der Waals surface area contributed by atoms with Crippen molar-refractivity contribution in [1.29, 1.82) is 0 Å². The molecule has 0 spiro atoms. The lowest BCUT2D eigenvalue weighted by Crippen LogP contribution is -2.44. The van der Waals surface area contributed by atoms with Crippen LogP contribution in [0.1, 0.15) is 30.5 Å². The number of rotatable bonds is 7. The highest BCUT2D eigenvalue weighted by atomic mass is 35.5. The van der Waals surface area contributed by atoms with E-state index in [9.17, 15) is 9.18 Å². The zero-order chi connectivity index (χ0) is 25.6. The summed E-state index contributed by atoms with van der Waals surface area (Å²) in [5.41, 5.74) is 1.75. The molecule has 2 atom stereocenters. The minimum atomic E-state index is -0.835. The number of aromatic amines is 1. The van der Waals surface area contributed by atoms with Crippen LogP contribution in [0.3, 0.4) is 0 Å². The number of benzene rings is 2. The van der Waals surface area contributed by atoms with Crippen molar-refractivity contribution >= 4 is 28.1 Å². The molecule has 4 heterocycles. The van der Waals surface area contributed by atoms with Crippen LogP contribution in [0.2, 0.25) is 5.02 Å². The van der Waals surface area contributed by atoms with Gasteiger partial charge >= 0.3 is 0 Å². The molecule has 3 aromatic rings. The maximum absolute atomic E-state index is 14.1. The fourth-order valence-corrected chi connectivity index (χ4v) is 6.41. The number of halogens is 2. The Morgan fingerprint density at radius 1 is 1.27 bits per heavy atom. The third-order valence-electron chi connectivity index (χ3n) is 7.85. The van der Waals surface area contributed by atoms with E-state index in [0.29, 0.717) is 61.1 Å². The first-order valence-electron chi connectivity index (χ1n) is 12.7. The highest BCUT2D eigenvalue weighted by Gasteiger charge is 2.49. The minimum Gasteiger partial charge on any atom is -0.467 e. The zero-order valence-corrected chi connectivity index (χ0v) is 21.5. The number of aromatic nitrogens is 2. The fraction of sp³-hybridized carbons (Fsp3) is 0.481. The van der Waals surface area contributed by atoms with Gasteiger partial charge in [0.2, 0.25) is 0 Å². The molecule has 1 aromatic heterocycles. The van der Waals surface area contributed by atoms with Crippen LogP contribution in [-0.4, -0.2) is 66.7 Å². The maximum atomic E-state index is 14.1. The molecule has 2 fully saturated rings. The Bertz CT molecular complexity index is 1380. The van der Waals surface area contributed by atoms with Crippen LogP contribution in [0.5, 0.6) is 11.8 Å². The Kier molecular flexibility index (Phi) is 6.46. The van der Waals surface area contributed by atoms with Crippen LogP contribution in [0, 0.1) is 0 Å². The Hall–Kier alpha value is -2.88. The van der Waals surface area contributed by atoms with Crippen LogP contribution in [-0.2, 0) is 17.7 Å². The van der Waals surface area contributed by atoms with Gasteiger partial charge in [-0.3, -0.25) is 14.7 Å². The summed E-state index contributed by atoms with van der Waals surface area (Å²) in [5, 5.41) is 2.51. The standard InChI is InChI=1S/C27H30ClFN4O4/c1-35-16-37-19-10-17-4-2-5-21(28)24(17)23(11-19)32-9-6-20-22(14-32)30-26(31-25(20)34)36-15-27-7-3-8-33(27)13-18(29)12-27/h2,4-5,10-11,18H,3,6-9,12-16H2,1H3,(H,30,31,34)/t18-,27+/m1/s1. The van der Waals surface area contributed by atoms with E-state index in [0.717, 1.165) is 35.8 Å². The van der Waals surface area contributed by atoms with Crippen LogP contribution in [0.4, 0.5) is 10.1 Å². The topological polar surface area (TPSA) is 79.9 Å². The lowest BCUT2D eigenvalue weighted by molar-refractivity contribution is 0.0512. The largest absolute Gasteiger partial charge is 0.467 e. The predicted octanol–water partition coefficient (Wildman–Crippen LogP) is 4.08. The smallest absolute Gasteiger partial charge is 0.296 e. The number of alkyl halides is 1. The first-order valence-corrected chi connectivity index (χ1v) is 13.1.